The number of aromatic nitrogens is 3. The maximum absolute atomic E-state index is 9.74. The molecule has 0 spiro atoms. The number of nitrogens with zero attached hydrogens (tertiary/aromatic N) is 3. The highest BCUT2D eigenvalue weighted by atomic mass is 32.1. The summed E-state index contributed by atoms with van der Waals surface area (Å²) < 4.78 is 24.2. The van der Waals surface area contributed by atoms with Gasteiger partial charge in [0.2, 0.25) is 5.51 Å². The molecule has 176 valence electrons. The molecule has 14 nitrogen and oxygen atoms in total. The predicted octanol–water partition coefficient (Wildman–Crippen LogP) is -0.679. The van der Waals surface area contributed by atoms with Crippen LogP contribution in [0.2, 0.25) is 0 Å². The Bertz CT molecular complexity index is 950. The van der Waals surface area contributed by atoms with Gasteiger partial charge < -0.3 is 30.0 Å². The van der Waals surface area contributed by atoms with Crippen LogP contribution in [0.4, 0.5) is 5.82 Å². The van der Waals surface area contributed by atoms with Gasteiger partial charge in [0.25, 0.3) is 0 Å². The van der Waals surface area contributed by atoms with Crippen molar-refractivity contribution in [2.24, 2.45) is 0 Å². The average molecular weight is 503 g/mol. The van der Waals surface area contributed by atoms with Gasteiger partial charge in [-0.3, -0.25) is 14.6 Å². The van der Waals surface area contributed by atoms with E-state index in [1.165, 1.54) is 4.88 Å². The second-order valence-electron chi connectivity index (χ2n) is 5.75. The number of anilines is 1. The molecule has 0 fully saturated rings. The lowest BCUT2D eigenvalue weighted by atomic mass is 10.2. The van der Waals surface area contributed by atoms with Crippen LogP contribution in [0.3, 0.4) is 0 Å². The molecule has 0 unspecified atom stereocenters. The molecule has 0 atom stereocenters. The Hall–Kier alpha value is -1.80. The molecule has 17 heteroatoms. The third-order valence-electron chi connectivity index (χ3n) is 3.10. The zero-order valence-electron chi connectivity index (χ0n) is 16.8. The lowest BCUT2D eigenvalue weighted by Gasteiger charge is -2.01. The third kappa shape index (κ3) is 14.8. The number of carbonyl (C=O) groups is 1. The first-order chi connectivity index (χ1) is 14.0. The van der Waals surface area contributed by atoms with Crippen LogP contribution in [-0.4, -0.2) is 52.1 Å². The van der Waals surface area contributed by atoms with E-state index in [9.17, 15) is 9.36 Å². The fourth-order valence-electron chi connectivity index (χ4n) is 1.93. The van der Waals surface area contributed by atoms with E-state index < -0.39 is 21.6 Å². The Morgan fingerprint density at radius 1 is 1.23 bits per heavy atom. The second-order valence-corrected chi connectivity index (χ2v) is 8.88. The van der Waals surface area contributed by atoms with Gasteiger partial charge in [-0.15, -0.1) is 0 Å². The number of aliphatic hydroxyl groups excluding tert-OH is 1. The van der Waals surface area contributed by atoms with Crippen molar-refractivity contribution in [3.05, 3.63) is 33.7 Å². The van der Waals surface area contributed by atoms with E-state index in [0.29, 0.717) is 24.6 Å². The molecule has 31 heavy (non-hydrogen) atoms. The van der Waals surface area contributed by atoms with Crippen LogP contribution in [0.5, 0.6) is 0 Å². The number of aliphatic hydroxyl groups is 1. The Kier molecular flexibility index (Phi) is 12.2. The minimum absolute atomic E-state index is 0.178. The summed E-state index contributed by atoms with van der Waals surface area (Å²) in [6, 6.07) is 0. The first-order valence-corrected chi connectivity index (χ1v) is 12.2. The quantitative estimate of drug-likeness (QED) is 0.198. The maximum atomic E-state index is 9.74. The molecular formula is C14H25N4O10P2S+. The van der Waals surface area contributed by atoms with Gasteiger partial charge >= 0.3 is 21.6 Å². The van der Waals surface area contributed by atoms with Gasteiger partial charge in [-0.1, -0.05) is 11.3 Å². The Balaban J connectivity index is 0.000000576. The highest BCUT2D eigenvalue weighted by molar-refractivity contribution is 7.46. The number of rotatable bonds is 5. The normalized spacial score (nSPS) is 11.0. The van der Waals surface area contributed by atoms with Crippen LogP contribution in [0.25, 0.3) is 0 Å². The fraction of sp³-hybridized carbons (Fsp3) is 0.429. The third-order valence-corrected chi connectivity index (χ3v) is 4.74. The molecule has 0 saturated heterocycles. The van der Waals surface area contributed by atoms with Gasteiger partial charge in [0.05, 0.1) is 10.4 Å². The van der Waals surface area contributed by atoms with E-state index in [-0.39, 0.29) is 6.61 Å². The van der Waals surface area contributed by atoms with Crippen molar-refractivity contribution in [3.8, 4) is 0 Å². The van der Waals surface area contributed by atoms with E-state index >= 15 is 0 Å². The van der Waals surface area contributed by atoms with Gasteiger partial charge in [-0.25, -0.2) is 19.1 Å². The van der Waals surface area contributed by atoms with Crippen molar-refractivity contribution in [1.29, 1.82) is 0 Å². The van der Waals surface area contributed by atoms with Crippen LogP contribution in [0.15, 0.2) is 11.7 Å². The number of nitrogens with two attached hydrogens (primary N) is 1. The molecule has 0 radical (unpaired) electrons. The van der Waals surface area contributed by atoms with Crippen molar-refractivity contribution >= 4 is 38.8 Å². The zero-order chi connectivity index (χ0) is 24.4. The molecule has 0 aromatic carbocycles. The number of aryl methyl sites for hydroxylation is 1. The number of nitrogen functional groups attached to an aromatic ring is 1. The van der Waals surface area contributed by atoms with Crippen LogP contribution in [0, 0.1) is 13.8 Å². The predicted molar refractivity (Wildman–Crippen MR) is 108 cm³/mol. The summed E-state index contributed by atoms with van der Waals surface area (Å²) >= 11 is 1.65. The summed E-state index contributed by atoms with van der Waals surface area (Å²) in [5, 5.41) is 8.98. The average Bonchev–Trinajstić information content (AvgIpc) is 2.88. The largest absolute Gasteiger partial charge is 0.526 e. The van der Waals surface area contributed by atoms with Crippen molar-refractivity contribution in [2.75, 3.05) is 12.3 Å². The number of carbonyl (C=O) groups excluding carboxylic acids is 1. The summed E-state index contributed by atoms with van der Waals surface area (Å²) in [6.45, 7) is 5.63. The summed E-state index contributed by atoms with van der Waals surface area (Å²) in [5.41, 5.74) is 10.0. The van der Waals surface area contributed by atoms with Gasteiger partial charge in [0.15, 0.2) is 12.2 Å². The lowest BCUT2D eigenvalue weighted by molar-refractivity contribution is -0.689. The molecule has 0 aliphatic heterocycles. The SMILES string of the molecule is CC(=O)OP(=O)(O)O.Cc1ncc(C[n+]2csc(CCO)c2C)c(N)n1.O=P(O)(O)O. The number of hydrogen-bond acceptors (Lipinski definition) is 9. The molecule has 0 aliphatic rings. The van der Waals surface area contributed by atoms with Gasteiger partial charge in [0.1, 0.15) is 11.6 Å². The summed E-state index contributed by atoms with van der Waals surface area (Å²) in [5.74, 6) is 0.229. The maximum Gasteiger partial charge on any atom is 0.526 e. The first kappa shape index (κ1) is 29.2. The van der Waals surface area contributed by atoms with Gasteiger partial charge in [-0.05, 0) is 6.92 Å². The zero-order valence-corrected chi connectivity index (χ0v) is 19.4. The van der Waals surface area contributed by atoms with Crippen LogP contribution in [0.1, 0.15) is 28.9 Å². The highest BCUT2D eigenvalue weighted by Crippen LogP contribution is 2.35. The van der Waals surface area contributed by atoms with Crippen LogP contribution < -0.4 is 10.3 Å². The number of phosphoric ester groups is 1. The minimum atomic E-state index is -4.64. The molecule has 0 bridgehead atoms. The summed E-state index contributed by atoms with van der Waals surface area (Å²) in [4.78, 5) is 56.5. The lowest BCUT2D eigenvalue weighted by Crippen LogP contribution is -2.35. The highest BCUT2D eigenvalue weighted by Gasteiger charge is 2.17. The molecule has 0 amide bonds. The van der Waals surface area contributed by atoms with Gasteiger partial charge in [0, 0.05) is 33.1 Å². The van der Waals surface area contributed by atoms with Crippen LogP contribution >= 0.6 is 27.0 Å². The van der Waals surface area contributed by atoms with Crippen molar-refractivity contribution in [3.63, 3.8) is 0 Å². The topological polar surface area (TPSA) is 237 Å². The second kappa shape index (κ2) is 12.9. The first-order valence-electron chi connectivity index (χ1n) is 8.22. The fourth-order valence-corrected chi connectivity index (χ4v) is 3.25. The molecule has 0 aliphatic carbocycles. The summed E-state index contributed by atoms with van der Waals surface area (Å²) in [7, 11) is -9.21. The molecule has 0 saturated carbocycles. The number of hydrogen-bond donors (Lipinski definition) is 7. The van der Waals surface area contributed by atoms with E-state index in [2.05, 4.69) is 19.1 Å². The van der Waals surface area contributed by atoms with Gasteiger partial charge in [-0.2, -0.15) is 4.57 Å². The van der Waals surface area contributed by atoms with Crippen molar-refractivity contribution < 1.29 is 52.6 Å². The van der Waals surface area contributed by atoms with Crippen molar-refractivity contribution in [1.82, 2.24) is 9.97 Å². The van der Waals surface area contributed by atoms with E-state index in [0.717, 1.165) is 18.2 Å². The van der Waals surface area contributed by atoms with Crippen LogP contribution in [-0.2, 0) is 31.4 Å². The molecular weight excluding hydrogens is 478 g/mol. The number of thiazole rings is 1. The Labute approximate surface area is 181 Å². The number of phosphoric acid groups is 2. The van der Waals surface area contributed by atoms with E-state index in [4.69, 9.17) is 39.9 Å². The molecule has 2 heterocycles. The molecule has 2 aromatic rings. The smallest absolute Gasteiger partial charge is 0.396 e. The Morgan fingerprint density at radius 3 is 2.16 bits per heavy atom. The van der Waals surface area contributed by atoms with Crippen molar-refractivity contribution in [2.45, 2.75) is 33.7 Å². The Morgan fingerprint density at radius 2 is 1.77 bits per heavy atom. The molecule has 8 N–H and O–H groups in total. The van der Waals surface area contributed by atoms with E-state index in [1.807, 2.05) is 19.4 Å². The molecule has 2 aromatic heterocycles. The van der Waals surface area contributed by atoms with E-state index in [1.54, 1.807) is 17.5 Å². The standard InChI is InChI=1S/C12H17N4OS.C2H5O5P.H3O4P/c1-8-11(3-4-17)18-7-16(8)6-10-5-14-9(2)15-12(10)13;1-2(3)7-8(4,5)6;1-5(2,3)4/h5,7,17H,3-4,6H2,1-2H3,(H2,13,14,15);1H3,(H2,4,5,6);(H3,1,2,3,4)/q+1;;. The summed E-state index contributed by atoms with van der Waals surface area (Å²) in [6.07, 6.45) is 2.47. The minimum Gasteiger partial charge on any atom is -0.396 e. The molecule has 2 rings (SSSR count). The monoisotopic (exact) mass is 503 g/mol.